The predicted molar refractivity (Wildman–Crippen MR) is 251 cm³/mol. The summed E-state index contributed by atoms with van der Waals surface area (Å²) >= 11 is 0. The number of hydrogen-bond acceptors (Lipinski definition) is 8. The van der Waals surface area contributed by atoms with Gasteiger partial charge < -0.3 is 20.1 Å². The molecule has 0 fully saturated rings. The van der Waals surface area contributed by atoms with E-state index in [-0.39, 0.29) is 32.6 Å². The van der Waals surface area contributed by atoms with Crippen molar-refractivity contribution in [1.82, 2.24) is 0 Å². The SMILES string of the molecule is CCCCCCCCCCC#CC#CCCCCCCCCC(=O)OC[C@H](COP(=O)(O)OCCN)OC(=O)CCCCCCCCC#CC#CCCCCCCCCCC. The molecule has 0 aliphatic carbocycles. The van der Waals surface area contributed by atoms with Crippen LogP contribution in [0.1, 0.15) is 232 Å². The molecule has 3 N–H and O–H groups in total. The van der Waals surface area contributed by atoms with Crippen LogP contribution in [-0.2, 0) is 32.7 Å². The smallest absolute Gasteiger partial charge is 0.462 e. The first-order valence-corrected chi connectivity index (χ1v) is 25.9. The van der Waals surface area contributed by atoms with Crippen molar-refractivity contribution >= 4 is 19.8 Å². The lowest BCUT2D eigenvalue weighted by molar-refractivity contribution is -0.161. The summed E-state index contributed by atoms with van der Waals surface area (Å²) in [6, 6.07) is 0. The van der Waals surface area contributed by atoms with E-state index >= 15 is 0 Å². The topological polar surface area (TPSA) is 134 Å². The third-order valence-electron chi connectivity index (χ3n) is 10.2. The van der Waals surface area contributed by atoms with Crippen LogP contribution in [0.25, 0.3) is 0 Å². The first kappa shape index (κ1) is 58.2. The summed E-state index contributed by atoms with van der Waals surface area (Å²) in [4.78, 5) is 35.0. The molecule has 0 aromatic rings. The van der Waals surface area contributed by atoms with Crippen molar-refractivity contribution in [3.05, 3.63) is 0 Å². The molecule has 61 heavy (non-hydrogen) atoms. The molecule has 348 valence electrons. The maximum Gasteiger partial charge on any atom is 0.472 e. The second-order valence-corrected chi connectivity index (χ2v) is 17.5. The van der Waals surface area contributed by atoms with E-state index in [2.05, 4.69) is 61.2 Å². The van der Waals surface area contributed by atoms with E-state index in [1.165, 1.54) is 96.3 Å². The lowest BCUT2D eigenvalue weighted by atomic mass is 10.1. The van der Waals surface area contributed by atoms with E-state index in [1.807, 2.05) is 0 Å². The van der Waals surface area contributed by atoms with E-state index < -0.39 is 32.5 Å². The van der Waals surface area contributed by atoms with Crippen molar-refractivity contribution < 1.29 is 37.6 Å². The van der Waals surface area contributed by atoms with Crippen LogP contribution in [0.2, 0.25) is 0 Å². The molecular weight excluding hydrogens is 786 g/mol. The average Bonchev–Trinajstić information content (AvgIpc) is 3.25. The lowest BCUT2D eigenvalue weighted by Gasteiger charge is -2.19. The highest BCUT2D eigenvalue weighted by Gasteiger charge is 2.26. The van der Waals surface area contributed by atoms with Gasteiger partial charge in [0.05, 0.1) is 13.2 Å². The Balaban J connectivity index is 4.17. The number of phosphoric ester groups is 1. The van der Waals surface area contributed by atoms with Gasteiger partial charge in [-0.25, -0.2) is 4.57 Å². The molecule has 0 radical (unpaired) electrons. The summed E-state index contributed by atoms with van der Waals surface area (Å²) in [5.41, 5.74) is 5.35. The number of rotatable bonds is 41. The molecule has 0 saturated heterocycles. The summed E-state index contributed by atoms with van der Waals surface area (Å²) in [7, 11) is -4.40. The second-order valence-electron chi connectivity index (χ2n) is 16.1. The zero-order valence-electron chi connectivity index (χ0n) is 38.8. The minimum Gasteiger partial charge on any atom is -0.462 e. The fourth-order valence-corrected chi connectivity index (χ4v) is 7.27. The number of carbonyl (C=O) groups excluding carboxylic acids is 2. The molecule has 0 aromatic carbocycles. The summed E-state index contributed by atoms with van der Waals surface area (Å²) in [5, 5.41) is 0. The van der Waals surface area contributed by atoms with Crippen LogP contribution in [0.3, 0.4) is 0 Å². The summed E-state index contributed by atoms with van der Waals surface area (Å²) in [6.07, 6.45) is 35.4. The number of ether oxygens (including phenoxy) is 2. The Morgan fingerprint density at radius 3 is 1.21 bits per heavy atom. The molecule has 0 amide bonds. The maximum absolute atomic E-state index is 12.6. The Morgan fingerprint density at radius 1 is 0.492 bits per heavy atom. The van der Waals surface area contributed by atoms with Gasteiger partial charge in [-0.05, 0) is 62.2 Å². The van der Waals surface area contributed by atoms with E-state index in [1.54, 1.807) is 0 Å². The monoisotopic (exact) mass is 872 g/mol. The van der Waals surface area contributed by atoms with E-state index in [0.717, 1.165) is 96.3 Å². The zero-order chi connectivity index (χ0) is 44.6. The van der Waals surface area contributed by atoms with Gasteiger partial charge in [0, 0.05) is 45.1 Å². The molecule has 0 saturated carbocycles. The minimum atomic E-state index is -4.40. The average molecular weight is 872 g/mol. The van der Waals surface area contributed by atoms with Crippen molar-refractivity contribution in [2.24, 2.45) is 5.73 Å². The number of hydrogen-bond donors (Lipinski definition) is 2. The molecule has 0 rings (SSSR count). The number of carbonyl (C=O) groups is 2. The fourth-order valence-electron chi connectivity index (χ4n) is 6.50. The molecule has 0 aliphatic heterocycles. The third kappa shape index (κ3) is 46.6. The van der Waals surface area contributed by atoms with Gasteiger partial charge in [0.15, 0.2) is 6.10 Å². The molecular formula is C51H86NO8P. The number of phosphoric acid groups is 1. The standard InChI is InChI=1S/C51H86NO8P/c1-3-5-7-9-11-13-15-17-19-21-23-25-27-29-31-33-35-37-39-41-43-50(53)57-47-49(48-59-61(55,56)58-46-45-52)60-51(54)44-42-40-38-36-34-32-30-28-26-24-22-20-18-16-14-12-10-8-6-4-2/h49H,3-20,29-48,52H2,1-2H3,(H,55,56)/t49-/m1/s1. The Morgan fingerprint density at radius 2 is 0.836 bits per heavy atom. The maximum atomic E-state index is 12.6. The van der Waals surface area contributed by atoms with Crippen molar-refractivity contribution in [2.45, 2.75) is 238 Å². The quantitative estimate of drug-likeness (QED) is 0.0266. The molecule has 0 aliphatic rings. The van der Waals surface area contributed by atoms with Gasteiger partial charge in [0.1, 0.15) is 6.61 Å². The Bertz CT molecular complexity index is 1350. The van der Waals surface area contributed by atoms with Gasteiger partial charge in [0.25, 0.3) is 0 Å². The number of esters is 2. The van der Waals surface area contributed by atoms with Gasteiger partial charge in [-0.2, -0.15) is 0 Å². The van der Waals surface area contributed by atoms with Crippen LogP contribution >= 0.6 is 7.82 Å². The first-order valence-electron chi connectivity index (χ1n) is 24.4. The van der Waals surface area contributed by atoms with Crippen molar-refractivity contribution in [1.29, 1.82) is 0 Å². The van der Waals surface area contributed by atoms with Crippen LogP contribution in [0.15, 0.2) is 0 Å². The third-order valence-corrected chi connectivity index (χ3v) is 11.2. The van der Waals surface area contributed by atoms with Crippen LogP contribution in [-0.4, -0.2) is 49.3 Å². The highest BCUT2D eigenvalue weighted by Crippen LogP contribution is 2.43. The van der Waals surface area contributed by atoms with E-state index in [9.17, 15) is 19.0 Å². The molecule has 10 heteroatoms. The first-order chi connectivity index (χ1) is 29.8. The molecule has 1 unspecified atom stereocenters. The molecule has 2 atom stereocenters. The fraction of sp³-hybridized carbons (Fsp3) is 0.804. The Hall–Kier alpha value is -2.75. The number of unbranched alkanes of at least 4 members (excludes halogenated alkanes) is 28. The Labute approximate surface area is 373 Å². The lowest BCUT2D eigenvalue weighted by Crippen LogP contribution is -2.29. The highest BCUT2D eigenvalue weighted by atomic mass is 31.2. The molecule has 0 aromatic heterocycles. The summed E-state index contributed by atoms with van der Waals surface area (Å²) in [6.45, 7) is 3.63. The van der Waals surface area contributed by atoms with Crippen LogP contribution < -0.4 is 5.73 Å². The van der Waals surface area contributed by atoms with E-state index in [0.29, 0.717) is 12.8 Å². The van der Waals surface area contributed by atoms with Crippen molar-refractivity contribution in [3.8, 4) is 47.4 Å². The Kier molecular flexibility index (Phi) is 44.6. The molecule has 0 bridgehead atoms. The van der Waals surface area contributed by atoms with Crippen molar-refractivity contribution in [3.63, 3.8) is 0 Å². The zero-order valence-corrected chi connectivity index (χ0v) is 39.7. The van der Waals surface area contributed by atoms with E-state index in [4.69, 9.17) is 24.3 Å². The summed E-state index contributed by atoms with van der Waals surface area (Å²) < 4.78 is 32.8. The van der Waals surface area contributed by atoms with Gasteiger partial charge in [-0.15, -0.1) is 0 Å². The van der Waals surface area contributed by atoms with Crippen LogP contribution in [0, 0.1) is 47.4 Å². The predicted octanol–water partition coefficient (Wildman–Crippen LogP) is 12.9. The van der Waals surface area contributed by atoms with Gasteiger partial charge in [-0.3, -0.25) is 18.6 Å². The second kappa shape index (κ2) is 46.7. The number of nitrogens with two attached hydrogens (primary N) is 1. The van der Waals surface area contributed by atoms with Crippen LogP contribution in [0.4, 0.5) is 0 Å². The highest BCUT2D eigenvalue weighted by molar-refractivity contribution is 7.47. The van der Waals surface area contributed by atoms with Crippen molar-refractivity contribution in [2.75, 3.05) is 26.4 Å². The van der Waals surface area contributed by atoms with Gasteiger partial charge >= 0.3 is 19.8 Å². The summed E-state index contributed by atoms with van der Waals surface area (Å²) in [5.74, 6) is 23.7. The molecule has 0 heterocycles. The molecule has 9 nitrogen and oxygen atoms in total. The van der Waals surface area contributed by atoms with Gasteiger partial charge in [0.2, 0.25) is 0 Å². The molecule has 0 spiro atoms. The largest absolute Gasteiger partial charge is 0.472 e. The van der Waals surface area contributed by atoms with Gasteiger partial charge in [-0.1, -0.05) is 179 Å². The normalized spacial score (nSPS) is 12.0. The minimum absolute atomic E-state index is 0.0382. The van der Waals surface area contributed by atoms with Crippen LogP contribution in [0.5, 0.6) is 0 Å².